The molecule has 17 heavy (non-hydrogen) atoms. The highest BCUT2D eigenvalue weighted by molar-refractivity contribution is 5.30. The van der Waals surface area contributed by atoms with Gasteiger partial charge in [0.2, 0.25) is 0 Å². The fourth-order valence-corrected chi connectivity index (χ4v) is 3.57. The number of fused-ring (bicyclic) bond motifs is 1. The van der Waals surface area contributed by atoms with E-state index in [1.807, 2.05) is 10.9 Å². The molecule has 1 saturated heterocycles. The van der Waals surface area contributed by atoms with Crippen molar-refractivity contribution < 1.29 is 0 Å². The Morgan fingerprint density at radius 1 is 1.24 bits per heavy atom. The van der Waals surface area contributed by atoms with Gasteiger partial charge in [-0.3, -0.25) is 9.58 Å². The molecular formula is C13H22N4. The van der Waals surface area contributed by atoms with Crippen LogP contribution >= 0.6 is 0 Å². The molecule has 1 aliphatic heterocycles. The van der Waals surface area contributed by atoms with Gasteiger partial charge in [-0.2, -0.15) is 5.10 Å². The zero-order valence-corrected chi connectivity index (χ0v) is 10.4. The maximum atomic E-state index is 5.68. The first kappa shape index (κ1) is 11.1. The third-order valence-electron chi connectivity index (χ3n) is 4.38. The lowest BCUT2D eigenvalue weighted by molar-refractivity contribution is 0.108. The van der Waals surface area contributed by atoms with Crippen LogP contribution < -0.4 is 5.73 Å². The highest BCUT2D eigenvalue weighted by atomic mass is 15.3. The van der Waals surface area contributed by atoms with Gasteiger partial charge in [0.1, 0.15) is 0 Å². The summed E-state index contributed by atoms with van der Waals surface area (Å²) < 4.78 is 1.97. The number of hydrogen-bond acceptors (Lipinski definition) is 3. The second kappa shape index (κ2) is 4.69. The summed E-state index contributed by atoms with van der Waals surface area (Å²) >= 11 is 0. The minimum atomic E-state index is 0.766. The van der Waals surface area contributed by atoms with E-state index in [4.69, 9.17) is 5.73 Å². The first-order valence-electron chi connectivity index (χ1n) is 6.85. The van der Waals surface area contributed by atoms with Gasteiger partial charge < -0.3 is 5.73 Å². The minimum Gasteiger partial charge on any atom is -0.396 e. The average molecular weight is 234 g/mol. The zero-order chi connectivity index (χ0) is 11.7. The first-order chi connectivity index (χ1) is 8.33. The number of likely N-dealkylation sites (tertiary alicyclic amines) is 1. The number of nitrogen functional groups attached to an aromatic ring is 1. The van der Waals surface area contributed by atoms with Crippen molar-refractivity contribution >= 4 is 5.69 Å². The Labute approximate surface area is 103 Å². The summed E-state index contributed by atoms with van der Waals surface area (Å²) in [6, 6.07) is 0.858. The molecule has 1 aromatic heterocycles. The van der Waals surface area contributed by atoms with Crippen molar-refractivity contribution in [3.63, 3.8) is 0 Å². The van der Waals surface area contributed by atoms with E-state index in [-0.39, 0.29) is 0 Å². The number of nitrogens with two attached hydrogens (primary N) is 1. The topological polar surface area (TPSA) is 47.1 Å². The molecule has 0 spiro atoms. The number of rotatable bonds is 3. The largest absolute Gasteiger partial charge is 0.396 e. The van der Waals surface area contributed by atoms with Crippen LogP contribution in [0.15, 0.2) is 12.4 Å². The van der Waals surface area contributed by atoms with Gasteiger partial charge in [0.25, 0.3) is 0 Å². The summed E-state index contributed by atoms with van der Waals surface area (Å²) in [6.45, 7) is 3.38. The standard InChI is InChI=1S/C13H22N4/c14-12-9-15-17(10-12)8-7-16-6-2-4-11-3-1-5-13(11)16/h9-11,13H,1-8,14H2. The van der Waals surface area contributed by atoms with Crippen molar-refractivity contribution in [3.8, 4) is 0 Å². The molecule has 2 N–H and O–H groups in total. The van der Waals surface area contributed by atoms with Gasteiger partial charge in [0.15, 0.2) is 0 Å². The van der Waals surface area contributed by atoms with Gasteiger partial charge in [0, 0.05) is 18.8 Å². The number of aromatic nitrogens is 2. The van der Waals surface area contributed by atoms with Gasteiger partial charge in [-0.1, -0.05) is 6.42 Å². The maximum Gasteiger partial charge on any atom is 0.0719 e. The normalized spacial score (nSPS) is 29.4. The quantitative estimate of drug-likeness (QED) is 0.866. The Morgan fingerprint density at radius 3 is 2.94 bits per heavy atom. The van der Waals surface area contributed by atoms with Crippen LogP contribution in [0.5, 0.6) is 0 Å². The molecule has 94 valence electrons. The lowest BCUT2D eigenvalue weighted by Crippen LogP contribution is -2.43. The molecular weight excluding hydrogens is 212 g/mol. The van der Waals surface area contributed by atoms with Crippen LogP contribution in [0.2, 0.25) is 0 Å². The molecule has 0 amide bonds. The molecule has 2 atom stereocenters. The van der Waals surface area contributed by atoms with Crippen LogP contribution in [0.1, 0.15) is 32.1 Å². The fraction of sp³-hybridized carbons (Fsp3) is 0.769. The first-order valence-corrected chi connectivity index (χ1v) is 6.85. The summed E-state index contributed by atoms with van der Waals surface area (Å²) in [4.78, 5) is 2.68. The zero-order valence-electron chi connectivity index (χ0n) is 10.4. The van der Waals surface area contributed by atoms with Gasteiger partial charge in [-0.25, -0.2) is 0 Å². The monoisotopic (exact) mass is 234 g/mol. The predicted molar refractivity (Wildman–Crippen MR) is 68.6 cm³/mol. The number of hydrogen-bond donors (Lipinski definition) is 1. The van der Waals surface area contributed by atoms with Crippen molar-refractivity contribution in [1.29, 1.82) is 0 Å². The van der Waals surface area contributed by atoms with Crippen LogP contribution in [0, 0.1) is 5.92 Å². The maximum absolute atomic E-state index is 5.68. The SMILES string of the molecule is Nc1cnn(CCN2CCCC3CCCC32)c1. The number of nitrogens with zero attached hydrogens (tertiary/aromatic N) is 3. The second-order valence-corrected chi connectivity index (χ2v) is 5.47. The molecule has 1 aliphatic carbocycles. The predicted octanol–water partition coefficient (Wildman–Crippen LogP) is 1.73. The van der Waals surface area contributed by atoms with Gasteiger partial charge in [-0.05, 0) is 38.1 Å². The van der Waals surface area contributed by atoms with E-state index in [2.05, 4.69) is 10.00 Å². The molecule has 2 unspecified atom stereocenters. The smallest absolute Gasteiger partial charge is 0.0719 e. The van der Waals surface area contributed by atoms with E-state index in [9.17, 15) is 0 Å². The Kier molecular flexibility index (Phi) is 3.05. The van der Waals surface area contributed by atoms with Crippen molar-refractivity contribution in [2.24, 2.45) is 5.92 Å². The molecule has 0 aromatic carbocycles. The van der Waals surface area contributed by atoms with Crippen LogP contribution in [0.25, 0.3) is 0 Å². The van der Waals surface area contributed by atoms with Gasteiger partial charge >= 0.3 is 0 Å². The molecule has 0 bridgehead atoms. The molecule has 1 saturated carbocycles. The minimum absolute atomic E-state index is 0.766. The molecule has 4 heteroatoms. The van der Waals surface area contributed by atoms with E-state index in [1.54, 1.807) is 6.20 Å². The Morgan fingerprint density at radius 2 is 2.12 bits per heavy atom. The van der Waals surface area contributed by atoms with Crippen molar-refractivity contribution in [2.75, 3.05) is 18.8 Å². The molecule has 2 aliphatic rings. The lowest BCUT2D eigenvalue weighted by atomic mass is 9.92. The van der Waals surface area contributed by atoms with Gasteiger partial charge in [0.05, 0.1) is 18.4 Å². The molecule has 3 rings (SSSR count). The summed E-state index contributed by atoms with van der Waals surface area (Å²) in [6.07, 6.45) is 10.8. The van der Waals surface area contributed by atoms with Crippen LogP contribution in [-0.4, -0.2) is 33.8 Å². The molecule has 2 fully saturated rings. The van der Waals surface area contributed by atoms with Crippen molar-refractivity contribution in [3.05, 3.63) is 12.4 Å². The highest BCUT2D eigenvalue weighted by Crippen LogP contribution is 2.36. The average Bonchev–Trinajstić information content (AvgIpc) is 2.94. The fourth-order valence-electron chi connectivity index (χ4n) is 3.57. The Hall–Kier alpha value is -1.03. The Balaban J connectivity index is 1.57. The summed E-state index contributed by atoms with van der Waals surface area (Å²) in [5, 5.41) is 4.25. The summed E-state index contributed by atoms with van der Waals surface area (Å²) in [7, 11) is 0. The third kappa shape index (κ3) is 2.32. The number of piperidine rings is 1. The van der Waals surface area contributed by atoms with E-state index in [0.29, 0.717) is 0 Å². The molecule has 1 aromatic rings. The van der Waals surface area contributed by atoms with Crippen molar-refractivity contribution in [1.82, 2.24) is 14.7 Å². The van der Waals surface area contributed by atoms with Crippen LogP contribution in [0.4, 0.5) is 5.69 Å². The van der Waals surface area contributed by atoms with Crippen LogP contribution in [-0.2, 0) is 6.54 Å². The Bertz CT molecular complexity index is 373. The lowest BCUT2D eigenvalue weighted by Gasteiger charge is -2.37. The third-order valence-corrected chi connectivity index (χ3v) is 4.38. The van der Waals surface area contributed by atoms with Crippen molar-refractivity contribution in [2.45, 2.75) is 44.7 Å². The summed E-state index contributed by atoms with van der Waals surface area (Å²) in [5.74, 6) is 0.978. The molecule has 4 nitrogen and oxygen atoms in total. The van der Waals surface area contributed by atoms with Gasteiger partial charge in [-0.15, -0.1) is 0 Å². The second-order valence-electron chi connectivity index (χ2n) is 5.47. The number of anilines is 1. The van der Waals surface area contributed by atoms with E-state index < -0.39 is 0 Å². The van der Waals surface area contributed by atoms with E-state index in [1.165, 1.54) is 38.6 Å². The highest BCUT2D eigenvalue weighted by Gasteiger charge is 2.34. The molecule has 0 radical (unpaired) electrons. The van der Waals surface area contributed by atoms with E-state index in [0.717, 1.165) is 30.7 Å². The van der Waals surface area contributed by atoms with E-state index >= 15 is 0 Å². The molecule has 2 heterocycles. The van der Waals surface area contributed by atoms with Crippen LogP contribution in [0.3, 0.4) is 0 Å². The summed E-state index contributed by atoms with van der Waals surface area (Å²) in [5.41, 5.74) is 6.44.